The first-order valence-corrected chi connectivity index (χ1v) is 5.61. The summed E-state index contributed by atoms with van der Waals surface area (Å²) in [5, 5.41) is 10.5. The van der Waals surface area contributed by atoms with Gasteiger partial charge in [0.2, 0.25) is 0 Å². The summed E-state index contributed by atoms with van der Waals surface area (Å²) in [5.74, 6) is 0. The Labute approximate surface area is 101 Å². The van der Waals surface area contributed by atoms with Crippen molar-refractivity contribution in [3.63, 3.8) is 0 Å². The lowest BCUT2D eigenvalue weighted by Gasteiger charge is -2.21. The van der Waals surface area contributed by atoms with Gasteiger partial charge in [0.15, 0.2) is 0 Å². The second kappa shape index (κ2) is 5.64. The van der Waals surface area contributed by atoms with Crippen molar-refractivity contribution in [3.8, 4) is 0 Å². The molecule has 0 amide bonds. The standard InChI is InChI=1S/C12H18ClNO2/c1-12(2,3)16-14-8-11(15)9-4-6-10(13)7-5-9/h4-7,11,14-15H,8H2,1-3H3. The van der Waals surface area contributed by atoms with E-state index in [1.807, 2.05) is 20.8 Å². The third-order valence-corrected chi connectivity index (χ3v) is 2.16. The van der Waals surface area contributed by atoms with E-state index in [1.54, 1.807) is 24.3 Å². The fraction of sp³-hybridized carbons (Fsp3) is 0.500. The first kappa shape index (κ1) is 13.5. The lowest BCUT2D eigenvalue weighted by Crippen LogP contribution is -2.31. The van der Waals surface area contributed by atoms with E-state index in [-0.39, 0.29) is 5.60 Å². The fourth-order valence-corrected chi connectivity index (χ4v) is 1.27. The summed E-state index contributed by atoms with van der Waals surface area (Å²) in [5.41, 5.74) is 3.31. The van der Waals surface area contributed by atoms with E-state index in [2.05, 4.69) is 5.48 Å². The smallest absolute Gasteiger partial charge is 0.0937 e. The van der Waals surface area contributed by atoms with E-state index >= 15 is 0 Å². The Kier molecular flexibility index (Phi) is 4.74. The third kappa shape index (κ3) is 4.94. The zero-order valence-electron chi connectivity index (χ0n) is 9.83. The van der Waals surface area contributed by atoms with E-state index in [0.717, 1.165) is 5.56 Å². The number of rotatable bonds is 4. The molecule has 90 valence electrons. The topological polar surface area (TPSA) is 41.5 Å². The Morgan fingerprint density at radius 2 is 1.88 bits per heavy atom. The number of halogens is 1. The number of benzene rings is 1. The van der Waals surface area contributed by atoms with Crippen molar-refractivity contribution < 1.29 is 9.94 Å². The minimum Gasteiger partial charge on any atom is -0.387 e. The van der Waals surface area contributed by atoms with Gasteiger partial charge in [-0.3, -0.25) is 4.84 Å². The van der Waals surface area contributed by atoms with Gasteiger partial charge in [0.1, 0.15) is 0 Å². The summed E-state index contributed by atoms with van der Waals surface area (Å²) in [6.07, 6.45) is -0.598. The summed E-state index contributed by atoms with van der Waals surface area (Å²) >= 11 is 5.76. The summed E-state index contributed by atoms with van der Waals surface area (Å²) in [6.45, 7) is 6.16. The van der Waals surface area contributed by atoms with Crippen LogP contribution in [0.15, 0.2) is 24.3 Å². The summed E-state index contributed by atoms with van der Waals surface area (Å²) in [7, 11) is 0. The molecule has 2 N–H and O–H groups in total. The molecule has 1 unspecified atom stereocenters. The fourth-order valence-electron chi connectivity index (χ4n) is 1.14. The van der Waals surface area contributed by atoms with Gasteiger partial charge in [-0.2, -0.15) is 5.48 Å². The van der Waals surface area contributed by atoms with Crippen molar-refractivity contribution in [2.45, 2.75) is 32.5 Å². The quantitative estimate of drug-likeness (QED) is 0.799. The molecule has 0 aliphatic rings. The average molecular weight is 244 g/mol. The van der Waals surface area contributed by atoms with Crippen LogP contribution in [0.5, 0.6) is 0 Å². The van der Waals surface area contributed by atoms with Crippen LogP contribution in [0.2, 0.25) is 5.02 Å². The Balaban J connectivity index is 2.41. The maximum atomic E-state index is 9.82. The van der Waals surface area contributed by atoms with Gasteiger partial charge in [-0.15, -0.1) is 0 Å². The van der Waals surface area contributed by atoms with Crippen LogP contribution in [-0.4, -0.2) is 17.3 Å². The summed E-state index contributed by atoms with van der Waals surface area (Å²) < 4.78 is 0. The molecular formula is C12H18ClNO2. The van der Waals surface area contributed by atoms with Crippen LogP contribution < -0.4 is 5.48 Å². The average Bonchev–Trinajstić information content (AvgIpc) is 2.16. The molecule has 3 nitrogen and oxygen atoms in total. The van der Waals surface area contributed by atoms with Gasteiger partial charge in [0.25, 0.3) is 0 Å². The lowest BCUT2D eigenvalue weighted by atomic mass is 10.1. The van der Waals surface area contributed by atoms with Crippen molar-refractivity contribution in [2.75, 3.05) is 6.54 Å². The number of nitrogens with one attached hydrogen (secondary N) is 1. The molecule has 1 aromatic rings. The second-order valence-electron chi connectivity index (χ2n) is 4.63. The molecule has 0 heterocycles. The summed E-state index contributed by atoms with van der Waals surface area (Å²) in [4.78, 5) is 5.31. The molecule has 0 spiro atoms. The zero-order chi connectivity index (χ0) is 12.2. The predicted octanol–water partition coefficient (Wildman–Crippen LogP) is 2.69. The van der Waals surface area contributed by atoms with Crippen LogP contribution in [-0.2, 0) is 4.84 Å². The minimum atomic E-state index is -0.598. The normalized spacial score (nSPS) is 13.8. The molecule has 0 fully saturated rings. The van der Waals surface area contributed by atoms with Gasteiger partial charge in [-0.05, 0) is 38.5 Å². The van der Waals surface area contributed by atoms with Crippen molar-refractivity contribution in [1.82, 2.24) is 5.48 Å². The van der Waals surface area contributed by atoms with Crippen LogP contribution in [0.3, 0.4) is 0 Å². The first-order chi connectivity index (χ1) is 7.38. The van der Waals surface area contributed by atoms with Crippen LogP contribution in [0.1, 0.15) is 32.4 Å². The molecule has 0 radical (unpaired) electrons. The molecule has 0 aliphatic carbocycles. The minimum absolute atomic E-state index is 0.264. The van der Waals surface area contributed by atoms with Gasteiger partial charge < -0.3 is 5.11 Å². The predicted molar refractivity (Wildman–Crippen MR) is 65.3 cm³/mol. The van der Waals surface area contributed by atoms with Crippen LogP contribution >= 0.6 is 11.6 Å². The SMILES string of the molecule is CC(C)(C)ONCC(O)c1ccc(Cl)cc1. The monoisotopic (exact) mass is 243 g/mol. The molecule has 0 bridgehead atoms. The molecule has 1 aromatic carbocycles. The van der Waals surface area contributed by atoms with Crippen molar-refractivity contribution in [3.05, 3.63) is 34.9 Å². The van der Waals surface area contributed by atoms with Crippen molar-refractivity contribution in [1.29, 1.82) is 0 Å². The number of aliphatic hydroxyl groups is 1. The van der Waals surface area contributed by atoms with Crippen LogP contribution in [0.4, 0.5) is 0 Å². The molecular weight excluding hydrogens is 226 g/mol. The maximum Gasteiger partial charge on any atom is 0.0937 e. The highest BCUT2D eigenvalue weighted by atomic mass is 35.5. The zero-order valence-corrected chi connectivity index (χ0v) is 10.6. The highest BCUT2D eigenvalue weighted by Crippen LogP contribution is 2.16. The van der Waals surface area contributed by atoms with Gasteiger partial charge in [-0.25, -0.2) is 0 Å². The molecule has 4 heteroatoms. The first-order valence-electron chi connectivity index (χ1n) is 5.23. The Morgan fingerprint density at radius 3 is 2.38 bits per heavy atom. The van der Waals surface area contributed by atoms with E-state index in [4.69, 9.17) is 16.4 Å². The highest BCUT2D eigenvalue weighted by molar-refractivity contribution is 6.30. The highest BCUT2D eigenvalue weighted by Gasteiger charge is 2.12. The maximum absolute atomic E-state index is 9.82. The number of hydrogen-bond acceptors (Lipinski definition) is 3. The second-order valence-corrected chi connectivity index (χ2v) is 5.07. The van der Waals surface area contributed by atoms with Gasteiger partial charge in [0, 0.05) is 5.02 Å². The van der Waals surface area contributed by atoms with Crippen LogP contribution in [0.25, 0.3) is 0 Å². The van der Waals surface area contributed by atoms with E-state index in [1.165, 1.54) is 0 Å². The lowest BCUT2D eigenvalue weighted by molar-refractivity contribution is -0.0834. The van der Waals surface area contributed by atoms with Gasteiger partial charge >= 0.3 is 0 Å². The Morgan fingerprint density at radius 1 is 1.31 bits per heavy atom. The molecule has 0 aromatic heterocycles. The number of hydroxylamine groups is 1. The largest absolute Gasteiger partial charge is 0.387 e. The van der Waals surface area contributed by atoms with Gasteiger partial charge in [0.05, 0.1) is 18.2 Å². The summed E-state index contributed by atoms with van der Waals surface area (Å²) in [6, 6.07) is 7.10. The third-order valence-electron chi connectivity index (χ3n) is 1.91. The molecule has 16 heavy (non-hydrogen) atoms. The Bertz CT molecular complexity index is 319. The number of aliphatic hydroxyl groups excluding tert-OH is 1. The molecule has 0 saturated carbocycles. The van der Waals surface area contributed by atoms with E-state index in [0.29, 0.717) is 11.6 Å². The van der Waals surface area contributed by atoms with E-state index in [9.17, 15) is 5.11 Å². The molecule has 0 aliphatic heterocycles. The van der Waals surface area contributed by atoms with Crippen molar-refractivity contribution >= 4 is 11.6 Å². The molecule has 1 atom stereocenters. The molecule has 0 saturated heterocycles. The van der Waals surface area contributed by atoms with Crippen molar-refractivity contribution in [2.24, 2.45) is 0 Å². The Hall–Kier alpha value is -0.610. The van der Waals surface area contributed by atoms with E-state index < -0.39 is 6.10 Å². The molecule has 1 rings (SSSR count). The number of hydrogen-bond donors (Lipinski definition) is 2. The van der Waals surface area contributed by atoms with Crippen LogP contribution in [0, 0.1) is 0 Å². The van der Waals surface area contributed by atoms with Gasteiger partial charge in [-0.1, -0.05) is 23.7 Å².